The molecule has 0 fully saturated rings. The molecule has 3 N–H and O–H groups in total. The van der Waals surface area contributed by atoms with Crippen LogP contribution in [0.4, 0.5) is 5.69 Å². The van der Waals surface area contributed by atoms with E-state index in [2.05, 4.69) is 5.32 Å². The predicted octanol–water partition coefficient (Wildman–Crippen LogP) is 3.04. The second-order valence-electron chi connectivity index (χ2n) is 4.74. The third-order valence-electron chi connectivity index (χ3n) is 2.87. The summed E-state index contributed by atoms with van der Waals surface area (Å²) in [5, 5.41) is 3.68. The average molecular weight is 353 g/mol. The number of ether oxygens (including phenoxy) is 1. The van der Waals surface area contributed by atoms with Gasteiger partial charge in [-0.3, -0.25) is 9.59 Å². The van der Waals surface area contributed by atoms with Crippen LogP contribution < -0.4 is 15.8 Å². The van der Waals surface area contributed by atoms with Crippen LogP contribution in [0.2, 0.25) is 10.0 Å². The molecule has 0 atom stereocenters. The van der Waals surface area contributed by atoms with Crippen LogP contribution in [0.1, 0.15) is 5.56 Å². The Hall–Kier alpha value is -2.24. The second-order valence-corrected chi connectivity index (χ2v) is 5.59. The third kappa shape index (κ3) is 5.47. The molecule has 0 spiro atoms. The molecule has 0 unspecified atom stereocenters. The quantitative estimate of drug-likeness (QED) is 0.838. The van der Waals surface area contributed by atoms with Gasteiger partial charge in [-0.1, -0.05) is 35.3 Å². The van der Waals surface area contributed by atoms with Crippen molar-refractivity contribution in [2.45, 2.75) is 6.42 Å². The minimum Gasteiger partial charge on any atom is -0.484 e. The van der Waals surface area contributed by atoms with Crippen LogP contribution >= 0.6 is 23.2 Å². The molecule has 23 heavy (non-hydrogen) atoms. The lowest BCUT2D eigenvalue weighted by Crippen LogP contribution is -2.20. The van der Waals surface area contributed by atoms with E-state index in [1.165, 1.54) is 0 Å². The molecular weight excluding hydrogens is 339 g/mol. The Kier molecular flexibility index (Phi) is 5.84. The van der Waals surface area contributed by atoms with Crippen LogP contribution in [0.3, 0.4) is 0 Å². The van der Waals surface area contributed by atoms with Crippen molar-refractivity contribution in [2.24, 2.45) is 5.73 Å². The Morgan fingerprint density at radius 2 is 1.91 bits per heavy atom. The summed E-state index contributed by atoms with van der Waals surface area (Å²) in [6.45, 7) is -0.224. The highest BCUT2D eigenvalue weighted by Gasteiger charge is 2.09. The van der Waals surface area contributed by atoms with E-state index >= 15 is 0 Å². The number of carbonyl (C=O) groups is 2. The maximum atomic E-state index is 12.1. The van der Waals surface area contributed by atoms with E-state index in [0.29, 0.717) is 27.0 Å². The van der Waals surface area contributed by atoms with E-state index in [4.69, 9.17) is 33.7 Å². The predicted molar refractivity (Wildman–Crippen MR) is 89.9 cm³/mol. The Morgan fingerprint density at radius 3 is 2.61 bits per heavy atom. The molecule has 2 rings (SSSR count). The Morgan fingerprint density at radius 1 is 1.13 bits per heavy atom. The Labute approximate surface area is 143 Å². The lowest BCUT2D eigenvalue weighted by molar-refractivity contribution is -0.120. The van der Waals surface area contributed by atoms with Gasteiger partial charge in [-0.05, 0) is 29.8 Å². The molecular formula is C16H14Cl2N2O3. The Bertz CT molecular complexity index is 735. The molecule has 0 saturated heterocycles. The summed E-state index contributed by atoms with van der Waals surface area (Å²) in [5.74, 6) is -0.371. The highest BCUT2D eigenvalue weighted by molar-refractivity contribution is 6.35. The average Bonchev–Trinajstić information content (AvgIpc) is 2.48. The first-order chi connectivity index (χ1) is 10.9. The SMILES string of the molecule is NC(=O)COc1cccc(NC(=O)Cc2ccc(Cl)cc2Cl)c1. The van der Waals surface area contributed by atoms with Crippen molar-refractivity contribution >= 4 is 40.7 Å². The van der Waals surface area contributed by atoms with Gasteiger partial charge < -0.3 is 15.8 Å². The summed E-state index contributed by atoms with van der Waals surface area (Å²) < 4.78 is 5.18. The third-order valence-corrected chi connectivity index (χ3v) is 3.45. The molecule has 0 aliphatic carbocycles. The number of rotatable bonds is 6. The van der Waals surface area contributed by atoms with Crippen LogP contribution in [0.25, 0.3) is 0 Å². The van der Waals surface area contributed by atoms with Gasteiger partial charge in [-0.2, -0.15) is 0 Å². The standard InChI is InChI=1S/C16H14Cl2N2O3/c17-11-5-4-10(14(18)7-11)6-16(22)20-12-2-1-3-13(8-12)23-9-15(19)21/h1-5,7-8H,6,9H2,(H2,19,21)(H,20,22). The molecule has 5 nitrogen and oxygen atoms in total. The number of nitrogens with two attached hydrogens (primary N) is 1. The molecule has 0 aliphatic heterocycles. The van der Waals surface area contributed by atoms with Gasteiger partial charge >= 0.3 is 0 Å². The van der Waals surface area contributed by atoms with Crippen LogP contribution in [-0.2, 0) is 16.0 Å². The fourth-order valence-electron chi connectivity index (χ4n) is 1.86. The summed E-state index contributed by atoms with van der Waals surface area (Å²) >= 11 is 11.9. The van der Waals surface area contributed by atoms with Gasteiger partial charge in [0.1, 0.15) is 5.75 Å². The lowest BCUT2D eigenvalue weighted by Gasteiger charge is -2.09. The van der Waals surface area contributed by atoms with Gasteiger partial charge in [0.2, 0.25) is 5.91 Å². The molecule has 0 heterocycles. The fourth-order valence-corrected chi connectivity index (χ4v) is 2.34. The monoisotopic (exact) mass is 352 g/mol. The van der Waals surface area contributed by atoms with Gasteiger partial charge in [0.05, 0.1) is 6.42 Å². The van der Waals surface area contributed by atoms with Crippen LogP contribution in [0.5, 0.6) is 5.75 Å². The lowest BCUT2D eigenvalue weighted by atomic mass is 10.1. The molecule has 120 valence electrons. The molecule has 0 aromatic heterocycles. The van der Waals surface area contributed by atoms with Gasteiger partial charge in [0.15, 0.2) is 6.61 Å². The first-order valence-corrected chi connectivity index (χ1v) is 7.44. The number of hydrogen-bond donors (Lipinski definition) is 2. The number of anilines is 1. The zero-order valence-electron chi connectivity index (χ0n) is 12.0. The van der Waals surface area contributed by atoms with Crippen molar-refractivity contribution in [2.75, 3.05) is 11.9 Å². The zero-order valence-corrected chi connectivity index (χ0v) is 13.5. The van der Waals surface area contributed by atoms with Gasteiger partial charge in [0.25, 0.3) is 5.91 Å². The number of benzene rings is 2. The van der Waals surface area contributed by atoms with E-state index in [-0.39, 0.29) is 18.9 Å². The molecule has 0 bridgehead atoms. The minimum atomic E-state index is -0.572. The van der Waals surface area contributed by atoms with Crippen molar-refractivity contribution < 1.29 is 14.3 Å². The van der Waals surface area contributed by atoms with Gasteiger partial charge in [-0.15, -0.1) is 0 Å². The van der Waals surface area contributed by atoms with E-state index in [0.717, 1.165) is 0 Å². The number of amides is 2. The molecule has 0 radical (unpaired) electrons. The number of hydrogen-bond acceptors (Lipinski definition) is 3. The maximum Gasteiger partial charge on any atom is 0.255 e. The smallest absolute Gasteiger partial charge is 0.255 e. The summed E-state index contributed by atoms with van der Waals surface area (Å²) in [6.07, 6.45) is 0.113. The molecule has 2 aromatic carbocycles. The van der Waals surface area contributed by atoms with Gasteiger partial charge in [-0.25, -0.2) is 0 Å². The van der Waals surface area contributed by atoms with E-state index in [9.17, 15) is 9.59 Å². The van der Waals surface area contributed by atoms with Crippen LogP contribution in [0, 0.1) is 0 Å². The highest BCUT2D eigenvalue weighted by Crippen LogP contribution is 2.22. The number of nitrogens with one attached hydrogen (secondary N) is 1. The van der Waals surface area contributed by atoms with E-state index in [1.54, 1.807) is 42.5 Å². The summed E-state index contributed by atoms with van der Waals surface area (Å²) in [6, 6.07) is 11.6. The maximum absolute atomic E-state index is 12.1. The molecule has 2 amide bonds. The van der Waals surface area contributed by atoms with Crippen molar-refractivity contribution in [3.8, 4) is 5.75 Å². The summed E-state index contributed by atoms with van der Waals surface area (Å²) in [7, 11) is 0. The summed E-state index contributed by atoms with van der Waals surface area (Å²) in [5.41, 5.74) is 6.23. The first kappa shape index (κ1) is 17.1. The van der Waals surface area contributed by atoms with Crippen molar-refractivity contribution in [3.63, 3.8) is 0 Å². The summed E-state index contributed by atoms with van der Waals surface area (Å²) in [4.78, 5) is 22.8. The molecule has 2 aromatic rings. The minimum absolute atomic E-state index is 0.113. The molecule has 0 saturated carbocycles. The fraction of sp³-hybridized carbons (Fsp3) is 0.125. The van der Waals surface area contributed by atoms with Crippen molar-refractivity contribution in [1.29, 1.82) is 0 Å². The van der Waals surface area contributed by atoms with Crippen LogP contribution in [-0.4, -0.2) is 18.4 Å². The number of primary amides is 1. The number of halogens is 2. The zero-order chi connectivity index (χ0) is 16.8. The van der Waals surface area contributed by atoms with E-state index < -0.39 is 5.91 Å². The molecule has 7 heteroatoms. The van der Waals surface area contributed by atoms with E-state index in [1.807, 2.05) is 0 Å². The normalized spacial score (nSPS) is 10.2. The largest absolute Gasteiger partial charge is 0.484 e. The highest BCUT2D eigenvalue weighted by atomic mass is 35.5. The molecule has 0 aliphatic rings. The second kappa shape index (κ2) is 7.85. The number of carbonyl (C=O) groups excluding carboxylic acids is 2. The first-order valence-electron chi connectivity index (χ1n) is 6.69. The topological polar surface area (TPSA) is 81.4 Å². The van der Waals surface area contributed by atoms with Crippen molar-refractivity contribution in [3.05, 3.63) is 58.1 Å². The van der Waals surface area contributed by atoms with Gasteiger partial charge in [0, 0.05) is 21.8 Å². The van der Waals surface area contributed by atoms with Crippen LogP contribution in [0.15, 0.2) is 42.5 Å². The Balaban J connectivity index is 1.99. The van der Waals surface area contributed by atoms with Crippen molar-refractivity contribution in [1.82, 2.24) is 0 Å².